The fourth-order valence-electron chi connectivity index (χ4n) is 4.87. The normalized spacial score (nSPS) is 17.7. The number of nitrogens with zero attached hydrogens (tertiary/aromatic N) is 2. The molecule has 1 saturated heterocycles. The van der Waals surface area contributed by atoms with Gasteiger partial charge in [0.1, 0.15) is 5.82 Å². The number of Topliss-reactive ketones (excluding diaryl/α,β-unsaturated/α-hetero) is 1. The second kappa shape index (κ2) is 8.01. The fourth-order valence-corrected chi connectivity index (χ4v) is 6.60. The number of hydrogen-bond acceptors (Lipinski definition) is 4. The highest BCUT2D eigenvalue weighted by Gasteiger charge is 2.32. The fraction of sp³-hybridized carbons (Fsp3) is 0.375. The third-order valence-electron chi connectivity index (χ3n) is 6.60. The number of carbonyl (C=O) groups is 1. The van der Waals surface area contributed by atoms with Gasteiger partial charge in [-0.15, -0.1) is 0 Å². The molecule has 2 aromatic carbocycles. The van der Waals surface area contributed by atoms with Gasteiger partial charge in [-0.05, 0) is 61.2 Å². The van der Waals surface area contributed by atoms with Crippen LogP contribution in [0.15, 0.2) is 41.3 Å². The lowest BCUT2D eigenvalue weighted by Crippen LogP contribution is -2.48. The average molecular weight is 456 g/mol. The maximum absolute atomic E-state index is 13.6. The number of hydrogen-bond donors (Lipinski definition) is 1. The zero-order valence-corrected chi connectivity index (χ0v) is 18.8. The van der Waals surface area contributed by atoms with E-state index in [2.05, 4.69) is 9.88 Å². The van der Waals surface area contributed by atoms with Crippen molar-refractivity contribution in [3.63, 3.8) is 0 Å². The van der Waals surface area contributed by atoms with Gasteiger partial charge in [0.05, 0.1) is 4.90 Å². The largest absolute Gasteiger partial charge is 0.369 e. The van der Waals surface area contributed by atoms with Gasteiger partial charge in [0.25, 0.3) is 0 Å². The molecule has 1 aromatic heterocycles. The molecule has 168 valence electrons. The summed E-state index contributed by atoms with van der Waals surface area (Å²) in [5, 5.41) is 0.835. The molecule has 1 aliphatic heterocycles. The second-order valence-corrected chi connectivity index (χ2v) is 10.4. The Morgan fingerprint density at radius 2 is 1.75 bits per heavy atom. The van der Waals surface area contributed by atoms with Gasteiger partial charge in [-0.1, -0.05) is 6.92 Å². The molecule has 6 nitrogen and oxygen atoms in total. The van der Waals surface area contributed by atoms with Gasteiger partial charge < -0.3 is 9.88 Å². The number of halogens is 1. The van der Waals surface area contributed by atoms with Crippen molar-refractivity contribution in [1.82, 2.24) is 9.29 Å². The molecule has 2 aliphatic rings. The van der Waals surface area contributed by atoms with Crippen LogP contribution in [0.3, 0.4) is 0 Å². The van der Waals surface area contributed by atoms with Crippen molar-refractivity contribution in [3.8, 4) is 0 Å². The number of anilines is 1. The number of ketones is 1. The summed E-state index contributed by atoms with van der Waals surface area (Å²) < 4.78 is 41.9. The number of aromatic nitrogens is 1. The highest BCUT2D eigenvalue weighted by molar-refractivity contribution is 7.89. The molecular weight excluding hydrogens is 429 g/mol. The van der Waals surface area contributed by atoms with Crippen LogP contribution in [0.5, 0.6) is 0 Å². The van der Waals surface area contributed by atoms with Crippen molar-refractivity contribution in [2.24, 2.45) is 0 Å². The van der Waals surface area contributed by atoms with E-state index in [1.807, 2.05) is 13.0 Å². The number of benzene rings is 2. The van der Waals surface area contributed by atoms with E-state index in [0.29, 0.717) is 49.4 Å². The Labute approximate surface area is 187 Å². The Bertz CT molecular complexity index is 1290. The Hall–Kier alpha value is -2.71. The van der Waals surface area contributed by atoms with Crippen molar-refractivity contribution < 1.29 is 17.6 Å². The molecule has 32 heavy (non-hydrogen) atoms. The lowest BCUT2D eigenvalue weighted by atomic mass is 9.94. The molecule has 5 rings (SSSR count). The van der Waals surface area contributed by atoms with Crippen LogP contribution in [0.4, 0.5) is 10.1 Å². The molecule has 0 radical (unpaired) electrons. The molecule has 0 bridgehead atoms. The van der Waals surface area contributed by atoms with E-state index in [1.54, 1.807) is 18.2 Å². The van der Waals surface area contributed by atoms with Gasteiger partial charge in [0.2, 0.25) is 10.0 Å². The van der Waals surface area contributed by atoms with Crippen molar-refractivity contribution in [3.05, 3.63) is 59.0 Å². The summed E-state index contributed by atoms with van der Waals surface area (Å²) in [4.78, 5) is 18.2. The molecule has 1 fully saturated rings. The number of H-pyrrole nitrogens is 1. The molecule has 2 heterocycles. The van der Waals surface area contributed by atoms with Crippen LogP contribution in [0.1, 0.15) is 41.4 Å². The van der Waals surface area contributed by atoms with E-state index in [0.717, 1.165) is 40.7 Å². The summed E-state index contributed by atoms with van der Waals surface area (Å²) in [5.41, 5.74) is 3.99. The summed E-state index contributed by atoms with van der Waals surface area (Å²) in [7, 11) is -3.68. The standard InChI is InChI=1S/C24H26FN3O3S/c1-2-16-14-19-21(26-20-4-3-5-22(29)24(19)20)15-23(16)32(30,31)28-12-10-27(11-13-28)18-8-6-17(25)7-9-18/h6-9,14-15,26H,2-5,10-13H2,1H3. The molecular formula is C24H26FN3O3S. The molecule has 0 atom stereocenters. The number of piperazine rings is 1. The number of nitrogens with one attached hydrogen (secondary N) is 1. The Morgan fingerprint density at radius 1 is 1.03 bits per heavy atom. The number of aryl methyl sites for hydroxylation is 2. The summed E-state index contributed by atoms with van der Waals surface area (Å²) in [5.74, 6) is -0.155. The third kappa shape index (κ3) is 3.51. The minimum Gasteiger partial charge on any atom is -0.369 e. The summed E-state index contributed by atoms with van der Waals surface area (Å²) >= 11 is 0. The van der Waals surface area contributed by atoms with Crippen molar-refractivity contribution in [2.75, 3.05) is 31.1 Å². The zero-order valence-electron chi connectivity index (χ0n) is 18.0. The Morgan fingerprint density at radius 3 is 2.44 bits per heavy atom. The lowest BCUT2D eigenvalue weighted by molar-refractivity contribution is 0.0974. The molecule has 0 spiro atoms. The van der Waals surface area contributed by atoms with Gasteiger partial charge in [0, 0.05) is 60.4 Å². The van der Waals surface area contributed by atoms with Gasteiger partial charge in [0.15, 0.2) is 5.78 Å². The van der Waals surface area contributed by atoms with Crippen LogP contribution >= 0.6 is 0 Å². The van der Waals surface area contributed by atoms with Gasteiger partial charge in [-0.3, -0.25) is 4.79 Å². The van der Waals surface area contributed by atoms with Gasteiger partial charge in [-0.25, -0.2) is 12.8 Å². The minimum absolute atomic E-state index is 0.132. The van der Waals surface area contributed by atoms with E-state index in [-0.39, 0.29) is 11.6 Å². The quantitative estimate of drug-likeness (QED) is 0.648. The molecule has 0 amide bonds. The van der Waals surface area contributed by atoms with Gasteiger partial charge >= 0.3 is 0 Å². The summed E-state index contributed by atoms with van der Waals surface area (Å²) in [6.07, 6.45) is 2.74. The number of sulfonamides is 1. The minimum atomic E-state index is -3.68. The first kappa shape index (κ1) is 21.2. The predicted molar refractivity (Wildman–Crippen MR) is 122 cm³/mol. The van der Waals surface area contributed by atoms with Crippen LogP contribution in [0.2, 0.25) is 0 Å². The average Bonchev–Trinajstić information content (AvgIpc) is 3.17. The van der Waals surface area contributed by atoms with Crippen LogP contribution in [0, 0.1) is 5.82 Å². The van der Waals surface area contributed by atoms with Crippen LogP contribution < -0.4 is 4.90 Å². The maximum atomic E-state index is 13.6. The number of fused-ring (bicyclic) bond motifs is 3. The van der Waals surface area contributed by atoms with E-state index in [9.17, 15) is 17.6 Å². The molecule has 0 saturated carbocycles. The smallest absolute Gasteiger partial charge is 0.243 e. The third-order valence-corrected chi connectivity index (χ3v) is 8.58. The van der Waals surface area contributed by atoms with Crippen LogP contribution in [0.25, 0.3) is 10.9 Å². The Kier molecular flexibility index (Phi) is 5.29. The molecule has 0 unspecified atom stereocenters. The first-order valence-corrected chi connectivity index (χ1v) is 12.5. The van der Waals surface area contributed by atoms with E-state index >= 15 is 0 Å². The summed E-state index contributed by atoms with van der Waals surface area (Å²) in [6, 6.07) is 9.87. The van der Waals surface area contributed by atoms with Gasteiger partial charge in [-0.2, -0.15) is 4.31 Å². The highest BCUT2D eigenvalue weighted by Crippen LogP contribution is 2.34. The molecule has 1 N–H and O–H groups in total. The SMILES string of the molecule is CCc1cc2c3c([nH]c2cc1S(=O)(=O)N1CCN(c2ccc(F)cc2)CC1)CCCC3=O. The first-order valence-electron chi connectivity index (χ1n) is 11.1. The van der Waals surface area contributed by atoms with E-state index < -0.39 is 10.0 Å². The van der Waals surface area contributed by atoms with Crippen LogP contribution in [-0.4, -0.2) is 49.7 Å². The highest BCUT2D eigenvalue weighted by atomic mass is 32.2. The lowest BCUT2D eigenvalue weighted by Gasteiger charge is -2.35. The van der Waals surface area contributed by atoms with E-state index in [4.69, 9.17) is 0 Å². The first-order chi connectivity index (χ1) is 15.4. The zero-order chi connectivity index (χ0) is 22.5. The van der Waals surface area contributed by atoms with Crippen LogP contribution in [-0.2, 0) is 22.9 Å². The molecule has 1 aliphatic carbocycles. The molecule has 8 heteroatoms. The van der Waals surface area contributed by atoms with Crippen molar-refractivity contribution in [1.29, 1.82) is 0 Å². The maximum Gasteiger partial charge on any atom is 0.243 e. The molecule has 3 aromatic rings. The topological polar surface area (TPSA) is 73.5 Å². The second-order valence-electron chi connectivity index (χ2n) is 8.48. The Balaban J connectivity index is 1.45. The number of carbonyl (C=O) groups excluding carboxylic acids is 1. The van der Waals surface area contributed by atoms with Crippen molar-refractivity contribution >= 4 is 32.4 Å². The predicted octanol–water partition coefficient (Wildman–Crippen LogP) is 3.90. The number of aromatic amines is 1. The monoisotopic (exact) mass is 455 g/mol. The summed E-state index contributed by atoms with van der Waals surface area (Å²) in [6.45, 7) is 3.74. The van der Waals surface area contributed by atoms with Crippen molar-refractivity contribution in [2.45, 2.75) is 37.5 Å². The number of rotatable bonds is 4. The van der Waals surface area contributed by atoms with E-state index in [1.165, 1.54) is 16.4 Å².